The molecule has 0 bridgehead atoms. The molecule has 6 aromatic heterocycles. The molecule has 1 aliphatic heterocycles. The van der Waals surface area contributed by atoms with Gasteiger partial charge in [0.25, 0.3) is 0 Å². The van der Waals surface area contributed by atoms with Crippen molar-refractivity contribution in [2.75, 3.05) is 13.7 Å². The molecule has 0 fully saturated rings. The first kappa shape index (κ1) is 37.7. The molecule has 0 aliphatic carbocycles. The zero-order valence-electron chi connectivity index (χ0n) is 30.9. The number of aryl methyl sites for hydroxylation is 3. The Labute approximate surface area is 352 Å². The number of esters is 1. The maximum atomic E-state index is 11.3. The highest BCUT2D eigenvalue weighted by atomic mass is 32.1. The third-order valence-electron chi connectivity index (χ3n) is 9.71. The van der Waals surface area contributed by atoms with Crippen molar-refractivity contribution >= 4 is 133 Å². The molecule has 0 N–H and O–H groups in total. The molecule has 7 heterocycles. The van der Waals surface area contributed by atoms with Crippen molar-refractivity contribution in [3.8, 4) is 36.4 Å². The summed E-state index contributed by atoms with van der Waals surface area (Å²) in [6.07, 6.45) is 11.4. The van der Waals surface area contributed by atoms with E-state index < -0.39 is 0 Å². The molecule has 284 valence electrons. The van der Waals surface area contributed by atoms with Gasteiger partial charge in [0.1, 0.15) is 28.2 Å². The fourth-order valence-corrected chi connectivity index (χ4v) is 14.2. The summed E-state index contributed by atoms with van der Waals surface area (Å²) >= 11 is 11.8. The Kier molecular flexibility index (Phi) is 11.1. The number of aromatic nitrogens is 2. The Balaban J connectivity index is 0.817. The zero-order valence-corrected chi connectivity index (χ0v) is 36.6. The Morgan fingerprint density at radius 3 is 1.95 bits per heavy atom. The van der Waals surface area contributed by atoms with E-state index in [-0.39, 0.29) is 5.97 Å². The largest absolute Gasteiger partial charge is 0.494 e. The number of rotatable bonds is 15. The lowest BCUT2D eigenvalue weighted by atomic mass is 10.0. The summed E-state index contributed by atoms with van der Waals surface area (Å²) in [6.45, 7) is 5.11. The van der Waals surface area contributed by atoms with Crippen molar-refractivity contribution in [3.63, 3.8) is 0 Å². The van der Waals surface area contributed by atoms with E-state index in [2.05, 4.69) is 48.9 Å². The van der Waals surface area contributed by atoms with Crippen LogP contribution in [0.3, 0.4) is 0 Å². The van der Waals surface area contributed by atoms with Crippen molar-refractivity contribution in [2.45, 2.75) is 58.8 Å². The molecule has 0 saturated carbocycles. The Morgan fingerprint density at radius 1 is 0.679 bits per heavy atom. The number of methoxy groups -OCH3 is 1. The molecule has 0 amide bonds. The van der Waals surface area contributed by atoms with Crippen molar-refractivity contribution in [1.29, 1.82) is 0 Å². The topological polar surface area (TPSA) is 86.0 Å². The third-order valence-corrected chi connectivity index (χ3v) is 16.6. The molecule has 14 heteroatoms. The molecule has 0 atom stereocenters. The molecule has 56 heavy (non-hydrogen) atoms. The molecule has 8 aromatic rings. The average molecular weight is 869 g/mol. The molecule has 9 rings (SSSR count). The second kappa shape index (κ2) is 16.5. The van der Waals surface area contributed by atoms with Gasteiger partial charge in [0.15, 0.2) is 0 Å². The molecule has 1 aliphatic rings. The second-order valence-corrected chi connectivity index (χ2v) is 20.5. The van der Waals surface area contributed by atoms with Crippen molar-refractivity contribution < 1.29 is 14.3 Å². The molecular weight excluding hydrogens is 833 g/mol. The summed E-state index contributed by atoms with van der Waals surface area (Å²) in [7, 11) is 1.37. The van der Waals surface area contributed by atoms with Crippen LogP contribution >= 0.6 is 68.4 Å². The molecular formula is C42H36N4O3S7. The maximum Gasteiger partial charge on any atom is 0.330 e. The van der Waals surface area contributed by atoms with Crippen molar-refractivity contribution in [2.24, 2.45) is 8.73 Å². The number of hydrogen-bond acceptors (Lipinski definition) is 13. The molecule has 0 spiro atoms. The minimum absolute atomic E-state index is 0.361. The van der Waals surface area contributed by atoms with Crippen LogP contribution in [0.1, 0.15) is 59.4 Å². The van der Waals surface area contributed by atoms with Crippen molar-refractivity contribution in [3.05, 3.63) is 81.6 Å². The Bertz CT molecular complexity index is 2760. The van der Waals surface area contributed by atoms with Crippen LogP contribution in [0.25, 0.3) is 66.5 Å². The van der Waals surface area contributed by atoms with Crippen molar-refractivity contribution in [1.82, 2.24) is 8.75 Å². The number of unbranched alkanes of at least 4 members (excludes halogenated alkanes) is 5. The minimum Gasteiger partial charge on any atom is -0.494 e. The van der Waals surface area contributed by atoms with Crippen LogP contribution in [0.15, 0.2) is 69.4 Å². The third kappa shape index (κ3) is 7.72. The number of carbonyl (C=O) groups excluding carboxylic acids is 1. The highest BCUT2D eigenvalue weighted by Crippen LogP contribution is 2.56. The van der Waals surface area contributed by atoms with E-state index in [0.29, 0.717) is 6.61 Å². The molecule has 0 radical (unpaired) electrons. The summed E-state index contributed by atoms with van der Waals surface area (Å²) in [5.74, 6) is 0.493. The van der Waals surface area contributed by atoms with Gasteiger partial charge in [-0.2, -0.15) is 17.5 Å². The second-order valence-electron chi connectivity index (χ2n) is 13.7. The van der Waals surface area contributed by atoms with Gasteiger partial charge in [-0.1, -0.05) is 37.8 Å². The number of ether oxygens (including phenoxy) is 2. The number of carbonyl (C=O) groups is 1. The number of hydrogen-bond donors (Lipinski definition) is 0. The van der Waals surface area contributed by atoms with E-state index in [1.54, 1.807) is 17.4 Å². The predicted molar refractivity (Wildman–Crippen MR) is 244 cm³/mol. The van der Waals surface area contributed by atoms with E-state index in [9.17, 15) is 4.79 Å². The van der Waals surface area contributed by atoms with Gasteiger partial charge in [-0.3, -0.25) is 0 Å². The van der Waals surface area contributed by atoms with Crippen LogP contribution in [-0.4, -0.2) is 28.4 Å². The quantitative estimate of drug-likeness (QED) is 0.0582. The molecule has 2 aromatic carbocycles. The first-order valence-electron chi connectivity index (χ1n) is 18.4. The van der Waals surface area contributed by atoms with Crippen LogP contribution in [-0.2, 0) is 27.3 Å². The minimum atomic E-state index is -0.361. The number of thiophene rings is 5. The SMILES string of the molecule is COC(=O)/C=C/c1ccc(OCCCCCCCCc2cc(C)sc2-c2cc3sc(-c4c5c(c(-c6cc7sc(C)cc7s6)c6nsnc46)N=S=N5)cc3s2)cc1. The van der Waals surface area contributed by atoms with Gasteiger partial charge in [0.05, 0.1) is 36.8 Å². The lowest BCUT2D eigenvalue weighted by Gasteiger charge is -2.09. The standard InChI is InChI=1S/C42H36N4O3S7/c1-23-18-26(10-8-6-4-5-7-9-17-49-27-14-11-25(12-15-27)13-16-35(47)48-3)42(51-23)34-22-31-30(54-34)21-33(53-31)37-40-38(43-55-45-40)36(39-41(37)46-56-44-39)32-20-29-28(52-32)19-24(2)50-29/h11-16,18-22H,4-10,17H2,1-3H3/b16-13+. The first-order chi connectivity index (χ1) is 27.4. The molecule has 7 nitrogen and oxygen atoms in total. The number of benzene rings is 2. The van der Waals surface area contributed by atoms with Crippen LogP contribution in [0.5, 0.6) is 5.75 Å². The maximum absolute atomic E-state index is 11.3. The average Bonchev–Trinajstić information content (AvgIpc) is 4.05. The summed E-state index contributed by atoms with van der Waals surface area (Å²) in [4.78, 5) is 19.1. The van der Waals surface area contributed by atoms with Crippen LogP contribution in [0.2, 0.25) is 0 Å². The summed E-state index contributed by atoms with van der Waals surface area (Å²) in [5, 5.41) is 0. The molecule has 0 saturated heterocycles. The summed E-state index contributed by atoms with van der Waals surface area (Å²) in [5.41, 5.74) is 8.23. The fourth-order valence-electron chi connectivity index (χ4n) is 7.06. The van der Waals surface area contributed by atoms with Gasteiger partial charge in [-0.05, 0) is 92.8 Å². The summed E-state index contributed by atoms with van der Waals surface area (Å²) in [6, 6.07) is 19.4. The van der Waals surface area contributed by atoms with E-state index in [0.717, 1.165) is 57.7 Å². The first-order valence-corrected chi connectivity index (χ1v) is 24.0. The zero-order chi connectivity index (χ0) is 38.2. The van der Waals surface area contributed by atoms with Crippen LogP contribution in [0, 0.1) is 13.8 Å². The van der Waals surface area contributed by atoms with Gasteiger partial charge in [-0.25, -0.2) is 4.79 Å². The molecule has 0 unspecified atom stereocenters. The number of nitrogens with zero attached hydrogens (tertiary/aromatic N) is 4. The highest BCUT2D eigenvalue weighted by Gasteiger charge is 2.28. The van der Waals surface area contributed by atoms with E-state index in [1.165, 1.54) is 122 Å². The normalized spacial score (nSPS) is 12.5. The van der Waals surface area contributed by atoms with E-state index >= 15 is 0 Å². The summed E-state index contributed by atoms with van der Waals surface area (Å²) < 4.78 is 35.2. The van der Waals surface area contributed by atoms with Crippen LogP contribution < -0.4 is 4.74 Å². The van der Waals surface area contributed by atoms with Gasteiger partial charge in [0.2, 0.25) is 0 Å². The predicted octanol–water partition coefficient (Wildman–Crippen LogP) is 14.8. The fraction of sp³-hybridized carbons (Fsp3) is 0.262. The van der Waals surface area contributed by atoms with E-state index in [1.807, 2.05) is 69.6 Å². The number of fused-ring (bicyclic) bond motifs is 4. The van der Waals surface area contributed by atoms with Gasteiger partial charge < -0.3 is 9.47 Å². The smallest absolute Gasteiger partial charge is 0.330 e. The van der Waals surface area contributed by atoms with Gasteiger partial charge in [-0.15, -0.1) is 56.7 Å². The van der Waals surface area contributed by atoms with E-state index in [4.69, 9.17) is 22.2 Å². The van der Waals surface area contributed by atoms with Gasteiger partial charge >= 0.3 is 5.97 Å². The highest BCUT2D eigenvalue weighted by molar-refractivity contribution is 7.58. The Morgan fingerprint density at radius 2 is 1.27 bits per heavy atom. The monoisotopic (exact) mass is 868 g/mol. The Hall–Kier alpha value is -3.89. The lowest BCUT2D eigenvalue weighted by molar-refractivity contribution is -0.134. The van der Waals surface area contributed by atoms with Crippen LogP contribution in [0.4, 0.5) is 11.4 Å². The van der Waals surface area contributed by atoms with Gasteiger partial charge in [0, 0.05) is 65.3 Å². The lowest BCUT2D eigenvalue weighted by Crippen LogP contribution is -1.97.